The largest absolute Gasteiger partial charge is 0.335 e. The van der Waals surface area contributed by atoms with Gasteiger partial charge in [-0.25, -0.2) is 9.69 Å². The number of fused-ring (bicyclic) bond motifs is 1. The number of benzodiazepines with no additional fused rings is 1. The van der Waals surface area contributed by atoms with Crippen molar-refractivity contribution in [1.29, 1.82) is 0 Å². The van der Waals surface area contributed by atoms with Crippen LogP contribution in [0.3, 0.4) is 0 Å². The van der Waals surface area contributed by atoms with Crippen molar-refractivity contribution in [3.05, 3.63) is 64.7 Å². The maximum atomic E-state index is 12.6. The van der Waals surface area contributed by atoms with Gasteiger partial charge in [0.1, 0.15) is 6.54 Å². The normalized spacial score (nSPS) is 16.8. The van der Waals surface area contributed by atoms with Gasteiger partial charge in [0.2, 0.25) is 0 Å². The van der Waals surface area contributed by atoms with E-state index in [0.29, 0.717) is 22.0 Å². The predicted molar refractivity (Wildman–Crippen MR) is 97.4 cm³/mol. The number of hydrogen-bond acceptors (Lipinski definition) is 3. The molecule has 4 rings (SSSR count). The second-order valence-electron chi connectivity index (χ2n) is 6.15. The number of halogens is 1. The van der Waals surface area contributed by atoms with E-state index in [1.54, 1.807) is 18.2 Å². The second kappa shape index (κ2) is 6.33. The first-order valence-electron chi connectivity index (χ1n) is 8.17. The van der Waals surface area contributed by atoms with Crippen LogP contribution in [0.25, 0.3) is 0 Å². The zero-order chi connectivity index (χ0) is 17.4. The highest BCUT2D eigenvalue weighted by Crippen LogP contribution is 2.30. The van der Waals surface area contributed by atoms with Crippen LogP contribution in [0.1, 0.15) is 24.0 Å². The van der Waals surface area contributed by atoms with E-state index in [0.717, 1.165) is 18.4 Å². The number of carbonyl (C=O) groups excluding carboxylic acids is 2. The summed E-state index contributed by atoms with van der Waals surface area (Å²) in [5, 5.41) is 3.40. The minimum Gasteiger partial charge on any atom is -0.335 e. The number of hydrogen-bond donors (Lipinski definition) is 1. The number of rotatable bonds is 2. The highest BCUT2D eigenvalue weighted by Gasteiger charge is 2.33. The quantitative estimate of drug-likeness (QED) is 0.899. The molecule has 0 radical (unpaired) electrons. The molecule has 3 amide bonds. The van der Waals surface area contributed by atoms with Gasteiger partial charge in [0.15, 0.2) is 0 Å². The average molecular weight is 354 g/mol. The molecular weight excluding hydrogens is 338 g/mol. The van der Waals surface area contributed by atoms with Gasteiger partial charge < -0.3 is 5.32 Å². The lowest BCUT2D eigenvalue weighted by Gasteiger charge is -2.21. The maximum absolute atomic E-state index is 12.6. The Kier molecular flexibility index (Phi) is 4.01. The van der Waals surface area contributed by atoms with Gasteiger partial charge in [0.25, 0.3) is 5.91 Å². The highest BCUT2D eigenvalue weighted by molar-refractivity contribution is 6.32. The number of anilines is 1. The molecule has 0 spiro atoms. The van der Waals surface area contributed by atoms with Crippen molar-refractivity contribution in [2.24, 2.45) is 4.99 Å². The van der Waals surface area contributed by atoms with Crippen LogP contribution in [0.15, 0.2) is 53.5 Å². The van der Waals surface area contributed by atoms with Gasteiger partial charge in [0, 0.05) is 22.2 Å². The molecular formula is C19H16ClN3O2. The van der Waals surface area contributed by atoms with E-state index < -0.39 is 6.03 Å². The third kappa shape index (κ3) is 3.15. The number of benzene rings is 2. The molecule has 1 aliphatic heterocycles. The fourth-order valence-corrected chi connectivity index (χ4v) is 3.03. The summed E-state index contributed by atoms with van der Waals surface area (Å²) in [5.74, 6) is -0.354. The van der Waals surface area contributed by atoms with Crippen LogP contribution in [0.2, 0.25) is 5.02 Å². The summed E-state index contributed by atoms with van der Waals surface area (Å²) >= 11 is 6.18. The van der Waals surface area contributed by atoms with E-state index in [1.807, 2.05) is 30.3 Å². The molecule has 6 heteroatoms. The lowest BCUT2D eigenvalue weighted by atomic mass is 10.0. The van der Waals surface area contributed by atoms with E-state index in [9.17, 15) is 9.59 Å². The van der Waals surface area contributed by atoms with E-state index in [1.165, 1.54) is 4.90 Å². The van der Waals surface area contributed by atoms with Crippen LogP contribution in [-0.2, 0) is 4.79 Å². The van der Waals surface area contributed by atoms with Crippen molar-refractivity contribution in [1.82, 2.24) is 5.32 Å². The Balaban J connectivity index is 1.82. The van der Waals surface area contributed by atoms with Crippen molar-refractivity contribution < 1.29 is 9.59 Å². The molecule has 1 N–H and O–H groups in total. The third-order valence-corrected chi connectivity index (χ3v) is 4.47. The molecule has 1 saturated carbocycles. The van der Waals surface area contributed by atoms with Crippen molar-refractivity contribution in [3.8, 4) is 0 Å². The number of nitrogens with one attached hydrogen (secondary N) is 1. The first kappa shape index (κ1) is 15.8. The number of carbonyl (C=O) groups is 2. The van der Waals surface area contributed by atoms with Crippen LogP contribution >= 0.6 is 11.6 Å². The van der Waals surface area contributed by atoms with Crippen molar-refractivity contribution in [2.75, 3.05) is 11.4 Å². The molecule has 0 atom stereocenters. The van der Waals surface area contributed by atoms with Gasteiger partial charge >= 0.3 is 6.03 Å². The summed E-state index contributed by atoms with van der Waals surface area (Å²) in [5.41, 5.74) is 2.72. The van der Waals surface area contributed by atoms with Crippen molar-refractivity contribution >= 4 is 34.9 Å². The van der Waals surface area contributed by atoms with Gasteiger partial charge in [-0.3, -0.25) is 9.79 Å². The van der Waals surface area contributed by atoms with Gasteiger partial charge in [-0.2, -0.15) is 0 Å². The second-order valence-corrected chi connectivity index (χ2v) is 6.58. The Morgan fingerprint density at radius 1 is 1.16 bits per heavy atom. The van der Waals surface area contributed by atoms with Crippen molar-refractivity contribution in [2.45, 2.75) is 18.9 Å². The molecule has 126 valence electrons. The Morgan fingerprint density at radius 3 is 2.64 bits per heavy atom. The summed E-state index contributed by atoms with van der Waals surface area (Å²) in [6.45, 7) is -0.0887. The standard InChI is InChI=1S/C19H16ClN3O2/c20-13-6-9-16-15(10-13)18(12-4-2-1-3-5-12)21-11-17(24)23(16)19(25)22-14-7-8-14/h1-6,9-10,14H,7-8,11H2,(H,22,25). The molecule has 1 heterocycles. The number of nitrogens with zero attached hydrogens (tertiary/aromatic N) is 2. The Morgan fingerprint density at radius 2 is 1.92 bits per heavy atom. The fraction of sp³-hybridized carbons (Fsp3) is 0.211. The van der Waals surface area contributed by atoms with Crippen LogP contribution in [0.5, 0.6) is 0 Å². The van der Waals surface area contributed by atoms with Crippen molar-refractivity contribution in [3.63, 3.8) is 0 Å². The third-order valence-electron chi connectivity index (χ3n) is 4.23. The molecule has 1 aliphatic carbocycles. The van der Waals surface area contributed by atoms with E-state index in [4.69, 9.17) is 11.6 Å². The lowest BCUT2D eigenvalue weighted by Crippen LogP contribution is -2.45. The summed E-state index contributed by atoms with van der Waals surface area (Å²) < 4.78 is 0. The Labute approximate surface area is 150 Å². The van der Waals surface area contributed by atoms with E-state index in [-0.39, 0.29) is 18.5 Å². The predicted octanol–water partition coefficient (Wildman–Crippen LogP) is 3.40. The van der Waals surface area contributed by atoms with Crippen LogP contribution < -0.4 is 10.2 Å². The fourth-order valence-electron chi connectivity index (χ4n) is 2.86. The summed E-state index contributed by atoms with van der Waals surface area (Å²) in [6.07, 6.45) is 1.90. The van der Waals surface area contributed by atoms with Gasteiger partial charge in [-0.15, -0.1) is 0 Å². The smallest absolute Gasteiger partial charge is 0.329 e. The Bertz CT molecular complexity index is 875. The minimum atomic E-state index is -0.402. The minimum absolute atomic E-state index is 0.0887. The number of aliphatic imine (C=N–C) groups is 1. The molecule has 2 aromatic carbocycles. The molecule has 2 aromatic rings. The number of imide groups is 1. The van der Waals surface area contributed by atoms with E-state index in [2.05, 4.69) is 10.3 Å². The molecule has 1 fully saturated rings. The van der Waals surface area contributed by atoms with Crippen LogP contribution in [-0.4, -0.2) is 30.2 Å². The molecule has 0 aromatic heterocycles. The summed E-state index contributed by atoms with van der Waals surface area (Å²) in [7, 11) is 0. The average Bonchev–Trinajstić information content (AvgIpc) is 3.42. The molecule has 0 unspecified atom stereocenters. The first-order chi connectivity index (χ1) is 12.1. The van der Waals surface area contributed by atoms with Gasteiger partial charge in [0.05, 0.1) is 11.4 Å². The van der Waals surface area contributed by atoms with Crippen LogP contribution in [0.4, 0.5) is 10.5 Å². The number of urea groups is 1. The maximum Gasteiger partial charge on any atom is 0.329 e. The lowest BCUT2D eigenvalue weighted by molar-refractivity contribution is -0.116. The topological polar surface area (TPSA) is 61.8 Å². The monoisotopic (exact) mass is 353 g/mol. The molecule has 5 nitrogen and oxygen atoms in total. The summed E-state index contributed by atoms with van der Waals surface area (Å²) in [4.78, 5) is 30.9. The van der Waals surface area contributed by atoms with Crippen LogP contribution in [0, 0.1) is 0 Å². The van der Waals surface area contributed by atoms with Gasteiger partial charge in [-0.1, -0.05) is 41.9 Å². The Hall–Kier alpha value is -2.66. The van der Waals surface area contributed by atoms with Gasteiger partial charge in [-0.05, 0) is 31.0 Å². The molecule has 25 heavy (non-hydrogen) atoms. The zero-order valence-electron chi connectivity index (χ0n) is 13.4. The SMILES string of the molecule is O=C1CN=C(c2ccccc2)c2cc(Cl)ccc2N1C(=O)NC1CC1. The zero-order valence-corrected chi connectivity index (χ0v) is 14.2. The number of amides is 3. The molecule has 0 saturated heterocycles. The highest BCUT2D eigenvalue weighted by atomic mass is 35.5. The van der Waals surface area contributed by atoms with E-state index >= 15 is 0 Å². The molecule has 2 aliphatic rings. The molecule has 0 bridgehead atoms. The summed E-state index contributed by atoms with van der Waals surface area (Å²) in [6, 6.07) is 14.5. The first-order valence-corrected chi connectivity index (χ1v) is 8.54.